The molecule has 5 atom stereocenters. The fourth-order valence-corrected chi connectivity index (χ4v) is 6.65. The van der Waals surface area contributed by atoms with Crippen LogP contribution in [0.4, 0.5) is 4.79 Å². The van der Waals surface area contributed by atoms with E-state index in [1.54, 1.807) is 20.8 Å². The van der Waals surface area contributed by atoms with Crippen molar-refractivity contribution in [2.45, 2.75) is 101 Å². The van der Waals surface area contributed by atoms with Gasteiger partial charge in [0.05, 0.1) is 6.04 Å². The summed E-state index contributed by atoms with van der Waals surface area (Å²) in [5.74, 6) is -3.61. The molecule has 0 aromatic rings. The van der Waals surface area contributed by atoms with Crippen LogP contribution in [0.25, 0.3) is 0 Å². The van der Waals surface area contributed by atoms with Gasteiger partial charge in [-0.05, 0) is 46.0 Å². The number of nitrogens with one attached hydrogen (secondary N) is 3. The molecule has 2 aliphatic carbocycles. The minimum absolute atomic E-state index is 0.111. The lowest BCUT2D eigenvalue weighted by Gasteiger charge is -2.36. The SMILES string of the molecule is C=CCNC(=O)C(=O)C(CCC)NC(=O)[C@@H]1C2C(CN1C(=O)C(NC(=O)OC(C)(C)C)C1CCCCC1)C2(Cl)Cl. The zero-order valence-corrected chi connectivity index (χ0v) is 25.3. The number of Topliss-reactive ketones (excluding diaryl/α,β-unsaturated/α-hetero) is 1. The number of ketones is 1. The standard InChI is InChI=1S/C28H42Cl2N4O6/c1-6-11-18(22(35)24(37)31-14-7-2)32-23(36)21-19-17(28(19,29)30)15-34(21)25(38)20(16-12-9-8-10-13-16)33-26(39)40-27(3,4)5/h7,16-21H,2,6,8-15H2,1,3-5H3,(H,31,37)(H,32,36)(H,33,39)/t17?,18?,19?,20?,21-/m0/s1. The monoisotopic (exact) mass is 600 g/mol. The highest BCUT2D eigenvalue weighted by Gasteiger charge is 2.74. The number of fused-ring (bicyclic) bond motifs is 1. The Morgan fingerprint density at radius 3 is 2.33 bits per heavy atom. The van der Waals surface area contributed by atoms with E-state index in [0.717, 1.165) is 32.1 Å². The topological polar surface area (TPSA) is 134 Å². The van der Waals surface area contributed by atoms with Crippen molar-refractivity contribution in [2.75, 3.05) is 13.1 Å². The van der Waals surface area contributed by atoms with Gasteiger partial charge in [-0.2, -0.15) is 0 Å². The first-order valence-corrected chi connectivity index (χ1v) is 14.9. The highest BCUT2D eigenvalue weighted by Crippen LogP contribution is 2.65. The Labute approximate surface area is 246 Å². The molecule has 3 fully saturated rings. The minimum atomic E-state index is -1.19. The van der Waals surface area contributed by atoms with E-state index < -0.39 is 63.6 Å². The number of nitrogens with zero attached hydrogens (tertiary/aromatic N) is 1. The molecule has 4 unspecified atom stereocenters. The third-order valence-corrected chi connectivity index (χ3v) is 8.85. The van der Waals surface area contributed by atoms with Crippen molar-refractivity contribution in [3.05, 3.63) is 12.7 Å². The molecule has 0 aromatic heterocycles. The summed E-state index contributed by atoms with van der Waals surface area (Å²) in [6.07, 6.45) is 5.94. The summed E-state index contributed by atoms with van der Waals surface area (Å²) >= 11 is 13.0. The average molecular weight is 602 g/mol. The molecule has 1 heterocycles. The molecule has 1 saturated heterocycles. The van der Waals surface area contributed by atoms with Crippen LogP contribution in [0.15, 0.2) is 12.7 Å². The normalized spacial score (nSPS) is 25.1. The number of alkyl carbamates (subject to hydrolysis) is 1. The van der Waals surface area contributed by atoms with E-state index in [2.05, 4.69) is 22.5 Å². The van der Waals surface area contributed by atoms with Crippen LogP contribution in [0.2, 0.25) is 0 Å². The second-order valence-electron chi connectivity index (χ2n) is 12.0. The van der Waals surface area contributed by atoms with Gasteiger partial charge in [-0.1, -0.05) is 38.7 Å². The number of carbonyl (C=O) groups is 5. The first kappa shape index (κ1) is 32.2. The van der Waals surface area contributed by atoms with E-state index in [-0.39, 0.29) is 31.3 Å². The summed E-state index contributed by atoms with van der Waals surface area (Å²) in [6, 6.07) is -3.02. The van der Waals surface area contributed by atoms with Crippen LogP contribution < -0.4 is 16.0 Å². The van der Waals surface area contributed by atoms with Crippen LogP contribution in [-0.2, 0) is 23.9 Å². The number of ether oxygens (including phenoxy) is 1. The van der Waals surface area contributed by atoms with Crippen molar-refractivity contribution in [2.24, 2.45) is 17.8 Å². The highest BCUT2D eigenvalue weighted by molar-refractivity contribution is 6.51. The van der Waals surface area contributed by atoms with E-state index in [4.69, 9.17) is 27.9 Å². The summed E-state index contributed by atoms with van der Waals surface area (Å²) in [6.45, 7) is 10.8. The lowest BCUT2D eigenvalue weighted by molar-refractivity contribution is -0.144. The Balaban J connectivity index is 1.83. The molecule has 40 heavy (non-hydrogen) atoms. The Morgan fingerprint density at radius 2 is 1.75 bits per heavy atom. The summed E-state index contributed by atoms with van der Waals surface area (Å²) in [4.78, 5) is 67.1. The highest BCUT2D eigenvalue weighted by atomic mass is 35.5. The van der Waals surface area contributed by atoms with Crippen LogP contribution in [0.3, 0.4) is 0 Å². The van der Waals surface area contributed by atoms with Crippen LogP contribution in [-0.4, -0.2) is 75.6 Å². The second kappa shape index (κ2) is 13.1. The first-order valence-electron chi connectivity index (χ1n) is 14.1. The van der Waals surface area contributed by atoms with Crippen LogP contribution in [0.1, 0.15) is 72.6 Å². The molecule has 0 spiro atoms. The molecule has 10 nitrogen and oxygen atoms in total. The van der Waals surface area contributed by atoms with Crippen molar-refractivity contribution in [1.29, 1.82) is 0 Å². The lowest BCUT2D eigenvalue weighted by atomic mass is 9.83. The van der Waals surface area contributed by atoms with Crippen molar-refractivity contribution in [1.82, 2.24) is 20.9 Å². The zero-order valence-electron chi connectivity index (χ0n) is 23.8. The Bertz CT molecular complexity index is 1010. The van der Waals surface area contributed by atoms with Gasteiger partial charge in [0.1, 0.15) is 22.0 Å². The summed E-state index contributed by atoms with van der Waals surface area (Å²) in [5.41, 5.74) is -0.752. The third-order valence-electron chi connectivity index (χ3n) is 7.78. The van der Waals surface area contributed by atoms with Gasteiger partial charge in [-0.15, -0.1) is 29.8 Å². The van der Waals surface area contributed by atoms with Gasteiger partial charge in [0.2, 0.25) is 17.6 Å². The van der Waals surface area contributed by atoms with E-state index in [1.165, 1.54) is 11.0 Å². The van der Waals surface area contributed by atoms with Gasteiger partial charge < -0.3 is 25.6 Å². The van der Waals surface area contributed by atoms with Crippen LogP contribution >= 0.6 is 23.2 Å². The number of hydrogen-bond donors (Lipinski definition) is 3. The zero-order chi connectivity index (χ0) is 29.8. The molecular formula is C28H42Cl2N4O6. The third kappa shape index (κ3) is 7.49. The molecule has 3 N–H and O–H groups in total. The average Bonchev–Trinajstić information content (AvgIpc) is 3.21. The molecule has 12 heteroatoms. The second-order valence-corrected chi connectivity index (χ2v) is 13.4. The molecular weight excluding hydrogens is 559 g/mol. The van der Waals surface area contributed by atoms with Crippen molar-refractivity contribution in [3.8, 4) is 0 Å². The fourth-order valence-electron chi connectivity index (χ4n) is 5.82. The summed E-state index contributed by atoms with van der Waals surface area (Å²) in [7, 11) is 0. The number of piperidine rings is 1. The maximum absolute atomic E-state index is 14.1. The van der Waals surface area contributed by atoms with Gasteiger partial charge in [0.25, 0.3) is 5.91 Å². The molecule has 0 radical (unpaired) electrons. The van der Waals surface area contributed by atoms with Gasteiger partial charge in [-0.3, -0.25) is 19.2 Å². The number of carbonyl (C=O) groups excluding carboxylic acids is 5. The molecule has 0 bridgehead atoms. The van der Waals surface area contributed by atoms with Crippen LogP contribution in [0.5, 0.6) is 0 Å². The molecule has 4 amide bonds. The van der Waals surface area contributed by atoms with Gasteiger partial charge in [-0.25, -0.2) is 4.79 Å². The molecule has 3 rings (SSSR count). The smallest absolute Gasteiger partial charge is 0.408 e. The maximum atomic E-state index is 14.1. The van der Waals surface area contributed by atoms with Crippen molar-refractivity contribution in [3.63, 3.8) is 0 Å². The fraction of sp³-hybridized carbons (Fsp3) is 0.750. The number of hydrogen-bond acceptors (Lipinski definition) is 6. The van der Waals surface area contributed by atoms with Crippen molar-refractivity contribution < 1.29 is 28.7 Å². The number of likely N-dealkylation sites (tertiary alicyclic amines) is 1. The van der Waals surface area contributed by atoms with Crippen molar-refractivity contribution >= 4 is 52.8 Å². The molecule has 0 aromatic carbocycles. The van der Waals surface area contributed by atoms with E-state index in [0.29, 0.717) is 6.42 Å². The van der Waals surface area contributed by atoms with Gasteiger partial charge >= 0.3 is 6.09 Å². The minimum Gasteiger partial charge on any atom is -0.444 e. The number of halogens is 2. The number of alkyl halides is 2. The lowest BCUT2D eigenvalue weighted by Crippen LogP contribution is -2.60. The first-order chi connectivity index (χ1) is 18.7. The Kier molecular flexibility index (Phi) is 10.5. The molecule has 3 aliphatic rings. The van der Waals surface area contributed by atoms with Gasteiger partial charge in [0, 0.05) is 24.9 Å². The predicted octanol–water partition coefficient (Wildman–Crippen LogP) is 3.25. The summed E-state index contributed by atoms with van der Waals surface area (Å²) < 4.78 is 4.25. The molecule has 1 aliphatic heterocycles. The van der Waals surface area contributed by atoms with E-state index in [9.17, 15) is 24.0 Å². The number of rotatable bonds is 11. The van der Waals surface area contributed by atoms with Crippen LogP contribution in [0, 0.1) is 17.8 Å². The quantitative estimate of drug-likeness (QED) is 0.189. The Morgan fingerprint density at radius 1 is 1.10 bits per heavy atom. The summed E-state index contributed by atoms with van der Waals surface area (Å²) in [5, 5.41) is 7.91. The van der Waals surface area contributed by atoms with E-state index in [1.807, 2.05) is 6.92 Å². The Hall–Kier alpha value is -2.33. The predicted molar refractivity (Wildman–Crippen MR) is 152 cm³/mol. The molecule has 224 valence electrons. The number of amides is 4. The maximum Gasteiger partial charge on any atom is 0.408 e. The molecule has 2 saturated carbocycles. The largest absolute Gasteiger partial charge is 0.444 e. The van der Waals surface area contributed by atoms with Gasteiger partial charge in [0.15, 0.2) is 0 Å². The van der Waals surface area contributed by atoms with E-state index >= 15 is 0 Å².